The normalized spacial score (nSPS) is 14.8. The predicted molar refractivity (Wildman–Crippen MR) is 106 cm³/mol. The van der Waals surface area contributed by atoms with E-state index < -0.39 is 51.9 Å². The third-order valence-electron chi connectivity index (χ3n) is 3.24. The van der Waals surface area contributed by atoms with Crippen LogP contribution in [0.5, 0.6) is 0 Å². The van der Waals surface area contributed by atoms with Gasteiger partial charge in [-0.3, -0.25) is 13.8 Å². The Balaban J connectivity index is 3.37. The van der Waals surface area contributed by atoms with E-state index in [-0.39, 0.29) is 15.1 Å². The topological polar surface area (TPSA) is 118 Å². The summed E-state index contributed by atoms with van der Waals surface area (Å²) in [4.78, 5) is 26.4. The maximum atomic E-state index is 14.6. The third kappa shape index (κ3) is 7.88. The van der Waals surface area contributed by atoms with Crippen molar-refractivity contribution in [3.8, 4) is 0 Å². The fraction of sp³-hybridized carbons (Fsp3) is 0.438. The molecule has 0 saturated carbocycles. The molecule has 14 heteroatoms. The Hall–Kier alpha value is -1.66. The van der Waals surface area contributed by atoms with Crippen molar-refractivity contribution in [3.63, 3.8) is 0 Å². The van der Waals surface area contributed by atoms with Crippen molar-refractivity contribution in [3.05, 3.63) is 27.2 Å². The Bertz CT molecular complexity index is 912. The summed E-state index contributed by atoms with van der Waals surface area (Å²) < 4.78 is 54.6. The van der Waals surface area contributed by atoms with Crippen molar-refractivity contribution in [2.75, 3.05) is 13.7 Å². The quantitative estimate of drug-likeness (QED) is 0.155. The second-order valence-electron chi connectivity index (χ2n) is 5.54. The summed E-state index contributed by atoms with van der Waals surface area (Å²) in [5.74, 6) is -1.79. The number of esters is 2. The fourth-order valence-corrected chi connectivity index (χ4v) is 4.08. The van der Waals surface area contributed by atoms with Gasteiger partial charge in [-0.2, -0.15) is 8.42 Å². The van der Waals surface area contributed by atoms with Crippen LogP contribution in [0.1, 0.15) is 13.8 Å². The second kappa shape index (κ2) is 11.7. The van der Waals surface area contributed by atoms with Crippen LogP contribution in [0.3, 0.4) is 0 Å². The maximum absolute atomic E-state index is 14.6. The van der Waals surface area contributed by atoms with E-state index in [0.29, 0.717) is 6.21 Å². The second-order valence-corrected chi connectivity index (χ2v) is 8.31. The van der Waals surface area contributed by atoms with Gasteiger partial charge in [-0.15, -0.1) is 0 Å². The Kier molecular flexibility index (Phi) is 10.2. The lowest BCUT2D eigenvalue weighted by Crippen LogP contribution is -2.45. The zero-order chi connectivity index (χ0) is 23.1. The van der Waals surface area contributed by atoms with Crippen molar-refractivity contribution >= 4 is 63.1 Å². The van der Waals surface area contributed by atoms with E-state index in [4.69, 9.17) is 48.5 Å². The summed E-state index contributed by atoms with van der Waals surface area (Å²) in [5, 5.41) is 2.71. The van der Waals surface area contributed by atoms with Crippen molar-refractivity contribution in [1.82, 2.24) is 0 Å². The maximum Gasteiger partial charge on any atom is 0.303 e. The van der Waals surface area contributed by atoms with Crippen LogP contribution < -0.4 is 0 Å². The first-order valence-corrected chi connectivity index (χ1v) is 10.5. The highest BCUT2D eigenvalue weighted by Crippen LogP contribution is 2.33. The average Bonchev–Trinajstić information content (AvgIpc) is 2.63. The minimum atomic E-state index is -4.71. The number of benzene rings is 1. The molecule has 0 unspecified atom stereocenters. The molecule has 1 aromatic rings. The highest BCUT2D eigenvalue weighted by atomic mass is 35.5. The van der Waals surface area contributed by atoms with Gasteiger partial charge in [-0.1, -0.05) is 40.0 Å². The number of halogens is 4. The Morgan fingerprint density at radius 3 is 2.27 bits per heavy atom. The average molecular weight is 509 g/mol. The van der Waals surface area contributed by atoms with Crippen LogP contribution in [0.15, 0.2) is 22.2 Å². The van der Waals surface area contributed by atoms with Crippen molar-refractivity contribution < 1.29 is 40.9 Å². The molecule has 0 bridgehead atoms. The lowest BCUT2D eigenvalue weighted by molar-refractivity contribution is -0.159. The molecule has 0 heterocycles. The van der Waals surface area contributed by atoms with Crippen LogP contribution in [-0.2, 0) is 38.2 Å². The molecule has 3 atom stereocenters. The van der Waals surface area contributed by atoms with E-state index >= 15 is 0 Å². The summed E-state index contributed by atoms with van der Waals surface area (Å²) in [6.07, 6.45) is -5.27. The largest absolute Gasteiger partial charge is 0.463 e. The number of nitrogens with zero attached hydrogens (tertiary/aromatic N) is 1. The summed E-state index contributed by atoms with van der Waals surface area (Å²) >= 11 is 17.5. The molecule has 0 aromatic heterocycles. The minimum Gasteiger partial charge on any atom is -0.463 e. The Morgan fingerprint density at radius 2 is 1.73 bits per heavy atom. The molecular formula is C16H17Cl3FNO8S. The molecule has 0 fully saturated rings. The van der Waals surface area contributed by atoms with Gasteiger partial charge in [0.15, 0.2) is 18.4 Å². The van der Waals surface area contributed by atoms with Gasteiger partial charge in [0.25, 0.3) is 10.1 Å². The lowest BCUT2D eigenvalue weighted by Gasteiger charge is -2.27. The third-order valence-corrected chi connectivity index (χ3v) is 5.76. The molecule has 0 saturated heterocycles. The molecule has 0 amide bonds. The summed E-state index contributed by atoms with van der Waals surface area (Å²) in [6.45, 7) is 1.20. The Labute approximate surface area is 187 Å². The molecule has 30 heavy (non-hydrogen) atoms. The van der Waals surface area contributed by atoms with Gasteiger partial charge < -0.3 is 14.3 Å². The number of hydrogen-bond donors (Lipinski definition) is 0. The molecule has 0 spiro atoms. The first-order chi connectivity index (χ1) is 13.9. The first kappa shape index (κ1) is 26.4. The molecule has 1 aromatic carbocycles. The van der Waals surface area contributed by atoms with Crippen LogP contribution >= 0.6 is 34.8 Å². The number of hydrogen-bond acceptors (Lipinski definition) is 9. The molecule has 1 rings (SSSR count). The zero-order valence-electron chi connectivity index (χ0n) is 15.8. The van der Waals surface area contributed by atoms with E-state index in [1.54, 1.807) is 0 Å². The first-order valence-electron chi connectivity index (χ1n) is 7.98. The van der Waals surface area contributed by atoms with E-state index in [2.05, 4.69) is 9.99 Å². The Morgan fingerprint density at radius 1 is 1.13 bits per heavy atom. The fourth-order valence-electron chi connectivity index (χ4n) is 2.03. The molecular weight excluding hydrogens is 492 g/mol. The molecule has 0 N–H and O–H groups in total. The molecule has 0 aliphatic rings. The molecule has 0 aliphatic carbocycles. The summed E-state index contributed by atoms with van der Waals surface area (Å²) in [7, 11) is -3.58. The number of rotatable bonds is 10. The van der Waals surface area contributed by atoms with Crippen LogP contribution in [0, 0.1) is 0 Å². The van der Waals surface area contributed by atoms with Gasteiger partial charge in [0.05, 0.1) is 21.3 Å². The summed E-state index contributed by atoms with van der Waals surface area (Å²) in [5.41, 5.74) is 0. The zero-order valence-corrected chi connectivity index (χ0v) is 18.9. The number of carbonyl (C=O) groups is 2. The van der Waals surface area contributed by atoms with Gasteiger partial charge in [-0.25, -0.2) is 4.39 Å². The van der Waals surface area contributed by atoms with Crippen molar-refractivity contribution in [2.45, 2.75) is 37.1 Å². The molecule has 0 radical (unpaired) electrons. The number of carbonyl (C=O) groups excluding carboxylic acids is 2. The van der Waals surface area contributed by atoms with Crippen LogP contribution in [0.2, 0.25) is 15.1 Å². The highest BCUT2D eigenvalue weighted by molar-refractivity contribution is 7.87. The van der Waals surface area contributed by atoms with Crippen LogP contribution in [-0.4, -0.2) is 58.7 Å². The van der Waals surface area contributed by atoms with Gasteiger partial charge in [0.1, 0.15) is 18.6 Å². The lowest BCUT2D eigenvalue weighted by atomic mass is 10.1. The van der Waals surface area contributed by atoms with E-state index in [9.17, 15) is 22.4 Å². The number of ether oxygens (including phenoxy) is 2. The smallest absolute Gasteiger partial charge is 0.303 e. The molecule has 9 nitrogen and oxygen atoms in total. The van der Waals surface area contributed by atoms with Crippen LogP contribution in [0.25, 0.3) is 0 Å². The van der Waals surface area contributed by atoms with Crippen molar-refractivity contribution in [1.29, 1.82) is 0 Å². The summed E-state index contributed by atoms with van der Waals surface area (Å²) in [6, 6.07) is 1.99. The van der Waals surface area contributed by atoms with Gasteiger partial charge >= 0.3 is 11.9 Å². The standard InChI is InChI=1S/C16H17Cl3FNO8S/c1-8(22)27-7-14(16(28-9(2)23)13(20)6-21-26-3)29-30(24,25)15-5-11(18)10(17)4-12(15)19/h4-6,13-14,16H,7H2,1-3H3/t13-,14-,16-/m0/s1. The van der Waals surface area contributed by atoms with Crippen molar-refractivity contribution in [2.24, 2.45) is 5.16 Å². The molecule has 168 valence electrons. The van der Waals surface area contributed by atoms with Gasteiger partial charge in [-0.05, 0) is 12.1 Å². The predicted octanol–water partition coefficient (Wildman–Crippen LogP) is 3.19. The van der Waals surface area contributed by atoms with Gasteiger partial charge in [0.2, 0.25) is 0 Å². The monoisotopic (exact) mass is 507 g/mol. The molecule has 0 aliphatic heterocycles. The van der Waals surface area contributed by atoms with Crippen LogP contribution in [0.4, 0.5) is 4.39 Å². The van der Waals surface area contributed by atoms with E-state index in [1.165, 1.54) is 0 Å². The minimum absolute atomic E-state index is 0.0190. The van der Waals surface area contributed by atoms with Gasteiger partial charge in [0, 0.05) is 13.8 Å². The highest BCUT2D eigenvalue weighted by Gasteiger charge is 2.38. The van der Waals surface area contributed by atoms with E-state index in [1.807, 2.05) is 0 Å². The number of alkyl halides is 1. The van der Waals surface area contributed by atoms with E-state index in [0.717, 1.165) is 33.1 Å². The number of oxime groups is 1. The SMILES string of the molecule is CON=C[C@H](F)[C@H](OC(C)=O)[C@H](COC(C)=O)OS(=O)(=O)c1cc(Cl)c(Cl)cc1Cl.